The van der Waals surface area contributed by atoms with Crippen LogP contribution in [0, 0.1) is 5.41 Å². The van der Waals surface area contributed by atoms with Gasteiger partial charge in [0, 0.05) is 12.0 Å². The number of aliphatic hydroxyl groups excluding tert-OH is 1. The van der Waals surface area contributed by atoms with Crippen LogP contribution in [-0.4, -0.2) is 26.7 Å². The molecule has 1 aliphatic carbocycles. The number of hydrogen-bond acceptors (Lipinski definition) is 4. The molecular weight excluding hydrogens is 204 g/mol. The van der Waals surface area contributed by atoms with Gasteiger partial charge in [0.05, 0.1) is 24.5 Å². The number of nitrogens with two attached hydrogens (primary N) is 1. The molecule has 1 heterocycles. The van der Waals surface area contributed by atoms with Gasteiger partial charge in [0.25, 0.3) is 0 Å². The topological polar surface area (TPSA) is 77.0 Å². The lowest BCUT2D eigenvalue weighted by Crippen LogP contribution is -2.19. The lowest BCUT2D eigenvalue weighted by Gasteiger charge is -2.15. The van der Waals surface area contributed by atoms with Crippen molar-refractivity contribution in [2.45, 2.75) is 45.7 Å². The van der Waals surface area contributed by atoms with Crippen molar-refractivity contribution in [2.75, 3.05) is 6.61 Å². The van der Waals surface area contributed by atoms with Gasteiger partial charge in [0.15, 0.2) is 0 Å². The molecule has 0 aliphatic heterocycles. The average molecular weight is 224 g/mol. The first-order chi connectivity index (χ1) is 7.62. The van der Waals surface area contributed by atoms with Gasteiger partial charge in [-0.1, -0.05) is 19.1 Å². The van der Waals surface area contributed by atoms with Crippen LogP contribution in [0.1, 0.15) is 44.0 Å². The van der Waals surface area contributed by atoms with Crippen LogP contribution in [0.5, 0.6) is 0 Å². The summed E-state index contributed by atoms with van der Waals surface area (Å²) in [5.41, 5.74) is 7.70. The van der Waals surface area contributed by atoms with E-state index in [1.807, 2.05) is 4.68 Å². The molecule has 1 aromatic heterocycles. The maximum atomic E-state index is 9.33. The fourth-order valence-corrected chi connectivity index (χ4v) is 2.11. The summed E-state index contributed by atoms with van der Waals surface area (Å²) in [6, 6.07) is 0. The molecular formula is C11H20N4O. The molecule has 0 radical (unpaired) electrons. The molecule has 1 fully saturated rings. The average Bonchev–Trinajstić information content (AvgIpc) is 2.90. The predicted molar refractivity (Wildman–Crippen MR) is 60.8 cm³/mol. The van der Waals surface area contributed by atoms with Crippen LogP contribution in [0.4, 0.5) is 0 Å². The van der Waals surface area contributed by atoms with E-state index in [2.05, 4.69) is 24.2 Å². The van der Waals surface area contributed by atoms with Crippen molar-refractivity contribution in [3.63, 3.8) is 0 Å². The fraction of sp³-hybridized carbons (Fsp3) is 0.818. The van der Waals surface area contributed by atoms with Crippen LogP contribution in [-0.2, 0) is 13.1 Å². The van der Waals surface area contributed by atoms with Crippen molar-refractivity contribution in [1.29, 1.82) is 0 Å². The van der Waals surface area contributed by atoms with Gasteiger partial charge in [-0.05, 0) is 18.8 Å². The Morgan fingerprint density at radius 3 is 2.62 bits per heavy atom. The lowest BCUT2D eigenvalue weighted by atomic mass is 10.1. The lowest BCUT2D eigenvalue weighted by molar-refractivity contribution is 0.188. The highest BCUT2D eigenvalue weighted by molar-refractivity contribution is 5.14. The predicted octanol–water partition coefficient (Wildman–Crippen LogP) is 0.633. The molecule has 0 spiro atoms. The SMILES string of the molecule is CC(C)c1c(CN)nnn1CC1(CO)CC1. The minimum atomic E-state index is 0.0587. The van der Waals surface area contributed by atoms with E-state index in [4.69, 9.17) is 5.73 Å². The summed E-state index contributed by atoms with van der Waals surface area (Å²) in [5, 5.41) is 17.6. The molecule has 2 rings (SSSR count). The second kappa shape index (κ2) is 4.14. The second-order valence-corrected chi connectivity index (χ2v) is 5.10. The van der Waals surface area contributed by atoms with Gasteiger partial charge in [-0.3, -0.25) is 0 Å². The molecule has 90 valence electrons. The Morgan fingerprint density at radius 2 is 2.19 bits per heavy atom. The van der Waals surface area contributed by atoms with E-state index >= 15 is 0 Å². The number of aliphatic hydroxyl groups is 1. The van der Waals surface area contributed by atoms with E-state index in [1.165, 1.54) is 0 Å². The van der Waals surface area contributed by atoms with Crippen LogP contribution >= 0.6 is 0 Å². The molecule has 1 aliphatic rings. The molecule has 0 aromatic carbocycles. The van der Waals surface area contributed by atoms with Gasteiger partial charge in [-0.25, -0.2) is 4.68 Å². The minimum Gasteiger partial charge on any atom is -0.396 e. The van der Waals surface area contributed by atoms with Crippen molar-refractivity contribution >= 4 is 0 Å². The maximum Gasteiger partial charge on any atom is 0.0997 e. The largest absolute Gasteiger partial charge is 0.396 e. The summed E-state index contributed by atoms with van der Waals surface area (Å²) in [6.07, 6.45) is 2.16. The van der Waals surface area contributed by atoms with Gasteiger partial charge < -0.3 is 10.8 Å². The monoisotopic (exact) mass is 224 g/mol. The van der Waals surface area contributed by atoms with E-state index in [0.717, 1.165) is 30.8 Å². The summed E-state index contributed by atoms with van der Waals surface area (Å²) in [7, 11) is 0. The normalized spacial score (nSPS) is 18.1. The summed E-state index contributed by atoms with van der Waals surface area (Å²) < 4.78 is 1.93. The summed E-state index contributed by atoms with van der Waals surface area (Å²) in [5.74, 6) is 0.364. The van der Waals surface area contributed by atoms with E-state index in [-0.39, 0.29) is 12.0 Å². The standard InChI is InChI=1S/C11H20N4O/c1-8(2)10-9(5-12)13-14-15(10)6-11(7-16)3-4-11/h8,16H,3-7,12H2,1-2H3. The third-order valence-electron chi connectivity index (χ3n) is 3.37. The Kier molecular flexibility index (Phi) is 2.99. The first kappa shape index (κ1) is 11.5. The Morgan fingerprint density at radius 1 is 1.50 bits per heavy atom. The van der Waals surface area contributed by atoms with Crippen LogP contribution < -0.4 is 5.73 Å². The molecule has 0 amide bonds. The minimum absolute atomic E-state index is 0.0587. The van der Waals surface area contributed by atoms with E-state index in [1.54, 1.807) is 0 Å². The van der Waals surface area contributed by atoms with Crippen LogP contribution in [0.15, 0.2) is 0 Å². The van der Waals surface area contributed by atoms with Crippen molar-refractivity contribution in [2.24, 2.45) is 11.1 Å². The van der Waals surface area contributed by atoms with Gasteiger partial charge in [-0.2, -0.15) is 0 Å². The summed E-state index contributed by atoms with van der Waals surface area (Å²) in [4.78, 5) is 0. The van der Waals surface area contributed by atoms with E-state index in [0.29, 0.717) is 12.5 Å². The van der Waals surface area contributed by atoms with Crippen molar-refractivity contribution in [3.05, 3.63) is 11.4 Å². The molecule has 1 aromatic rings. The van der Waals surface area contributed by atoms with Crippen molar-refractivity contribution < 1.29 is 5.11 Å². The fourth-order valence-electron chi connectivity index (χ4n) is 2.11. The third-order valence-corrected chi connectivity index (χ3v) is 3.37. The highest BCUT2D eigenvalue weighted by Gasteiger charge is 2.43. The molecule has 5 heteroatoms. The number of rotatable bonds is 5. The Hall–Kier alpha value is -0.940. The van der Waals surface area contributed by atoms with E-state index < -0.39 is 0 Å². The Balaban J connectivity index is 2.23. The van der Waals surface area contributed by atoms with Crippen molar-refractivity contribution in [1.82, 2.24) is 15.0 Å². The van der Waals surface area contributed by atoms with Gasteiger partial charge in [0.2, 0.25) is 0 Å². The van der Waals surface area contributed by atoms with Crippen LogP contribution in [0.25, 0.3) is 0 Å². The Bertz CT molecular complexity index is 368. The highest BCUT2D eigenvalue weighted by atomic mass is 16.3. The molecule has 1 saturated carbocycles. The zero-order chi connectivity index (χ0) is 11.8. The molecule has 0 saturated heterocycles. The van der Waals surface area contributed by atoms with Gasteiger partial charge >= 0.3 is 0 Å². The summed E-state index contributed by atoms with van der Waals surface area (Å²) in [6.45, 7) is 5.67. The highest BCUT2D eigenvalue weighted by Crippen LogP contribution is 2.46. The maximum absolute atomic E-state index is 9.33. The second-order valence-electron chi connectivity index (χ2n) is 5.10. The molecule has 0 bridgehead atoms. The van der Waals surface area contributed by atoms with Crippen molar-refractivity contribution in [3.8, 4) is 0 Å². The van der Waals surface area contributed by atoms with Crippen LogP contribution in [0.2, 0.25) is 0 Å². The smallest absolute Gasteiger partial charge is 0.0997 e. The molecule has 0 unspecified atom stereocenters. The Labute approximate surface area is 95.6 Å². The summed E-state index contributed by atoms with van der Waals surface area (Å²) >= 11 is 0. The molecule has 16 heavy (non-hydrogen) atoms. The molecule has 5 nitrogen and oxygen atoms in total. The quantitative estimate of drug-likeness (QED) is 0.769. The van der Waals surface area contributed by atoms with Gasteiger partial charge in [-0.15, -0.1) is 5.10 Å². The van der Waals surface area contributed by atoms with Gasteiger partial charge in [0.1, 0.15) is 0 Å². The molecule has 3 N–H and O–H groups in total. The zero-order valence-corrected chi connectivity index (χ0v) is 9.98. The number of aromatic nitrogens is 3. The molecule has 0 atom stereocenters. The van der Waals surface area contributed by atoms with Crippen LogP contribution in [0.3, 0.4) is 0 Å². The number of hydrogen-bond donors (Lipinski definition) is 2. The third kappa shape index (κ3) is 1.97. The first-order valence-electron chi connectivity index (χ1n) is 5.85. The van der Waals surface area contributed by atoms with E-state index in [9.17, 15) is 5.11 Å². The zero-order valence-electron chi connectivity index (χ0n) is 9.98. The first-order valence-corrected chi connectivity index (χ1v) is 5.85. The number of nitrogens with zero attached hydrogens (tertiary/aromatic N) is 3.